The van der Waals surface area contributed by atoms with Crippen LogP contribution in [0.2, 0.25) is 0 Å². The minimum Gasteiger partial charge on any atom is -0.383 e. The van der Waals surface area contributed by atoms with Gasteiger partial charge in [0.25, 0.3) is 5.91 Å². The number of ether oxygens (including phenoxy) is 1. The normalized spacial score (nSPS) is 13.5. The Balaban J connectivity index is 2.41. The Morgan fingerprint density at radius 2 is 1.96 bits per heavy atom. The maximum absolute atomic E-state index is 12.4. The maximum Gasteiger partial charge on any atom is 0.416 e. The van der Waals surface area contributed by atoms with Crippen molar-refractivity contribution in [1.82, 2.24) is 10.6 Å². The highest BCUT2D eigenvalue weighted by Gasteiger charge is 2.30. The van der Waals surface area contributed by atoms with Gasteiger partial charge < -0.3 is 21.1 Å². The molecular formula is C15H21F3N4O2. The first-order valence-corrected chi connectivity index (χ1v) is 7.25. The zero-order valence-electron chi connectivity index (χ0n) is 13.5. The number of carbonyl (C=O) groups is 1. The van der Waals surface area contributed by atoms with Gasteiger partial charge in [-0.3, -0.25) is 9.79 Å². The van der Waals surface area contributed by atoms with Crippen LogP contribution in [0.1, 0.15) is 22.8 Å². The molecular weight excluding hydrogens is 325 g/mol. The Morgan fingerprint density at radius 3 is 2.50 bits per heavy atom. The fraction of sp³-hybridized carbons (Fsp3) is 0.467. The van der Waals surface area contributed by atoms with Gasteiger partial charge in [-0.25, -0.2) is 0 Å². The van der Waals surface area contributed by atoms with E-state index in [-0.39, 0.29) is 30.7 Å². The number of benzene rings is 1. The van der Waals surface area contributed by atoms with E-state index in [0.717, 1.165) is 24.3 Å². The molecule has 1 atom stereocenters. The molecule has 0 saturated heterocycles. The fourth-order valence-corrected chi connectivity index (χ4v) is 1.85. The summed E-state index contributed by atoms with van der Waals surface area (Å²) in [4.78, 5) is 15.8. The summed E-state index contributed by atoms with van der Waals surface area (Å²) in [5, 5.41) is 5.46. The Hall–Kier alpha value is -2.29. The lowest BCUT2D eigenvalue weighted by atomic mass is 10.1. The van der Waals surface area contributed by atoms with Crippen LogP contribution in [0.15, 0.2) is 29.3 Å². The van der Waals surface area contributed by atoms with E-state index in [1.807, 2.05) is 6.92 Å². The lowest BCUT2D eigenvalue weighted by Gasteiger charge is -2.13. The van der Waals surface area contributed by atoms with E-state index in [1.165, 1.54) is 0 Å². The Bertz CT molecular complexity index is 559. The lowest BCUT2D eigenvalue weighted by molar-refractivity contribution is -0.137. The molecule has 24 heavy (non-hydrogen) atoms. The first kappa shape index (κ1) is 19.8. The molecule has 6 nitrogen and oxygen atoms in total. The number of amides is 1. The summed E-state index contributed by atoms with van der Waals surface area (Å²) in [6.07, 6.45) is -4.42. The van der Waals surface area contributed by atoms with Gasteiger partial charge in [-0.1, -0.05) is 0 Å². The van der Waals surface area contributed by atoms with Crippen molar-refractivity contribution in [2.24, 2.45) is 10.7 Å². The minimum atomic E-state index is -4.42. The van der Waals surface area contributed by atoms with Crippen molar-refractivity contribution in [2.75, 3.05) is 26.8 Å². The van der Waals surface area contributed by atoms with Gasteiger partial charge in [-0.2, -0.15) is 13.2 Å². The van der Waals surface area contributed by atoms with Crippen LogP contribution in [0.4, 0.5) is 13.2 Å². The number of hydrogen-bond donors (Lipinski definition) is 3. The fourth-order valence-electron chi connectivity index (χ4n) is 1.85. The SMILES string of the molecule is COCC(C)NC(N)=NCCNC(=O)c1ccc(C(F)(F)F)cc1. The number of methoxy groups -OCH3 is 1. The molecule has 0 fully saturated rings. The van der Waals surface area contributed by atoms with Crippen molar-refractivity contribution < 1.29 is 22.7 Å². The number of nitrogens with one attached hydrogen (secondary N) is 2. The summed E-state index contributed by atoms with van der Waals surface area (Å²) < 4.78 is 42.3. The summed E-state index contributed by atoms with van der Waals surface area (Å²) in [6.45, 7) is 2.80. The van der Waals surface area contributed by atoms with Crippen LogP contribution in [0.25, 0.3) is 0 Å². The van der Waals surface area contributed by atoms with Crippen LogP contribution in [0.5, 0.6) is 0 Å². The Morgan fingerprint density at radius 1 is 1.33 bits per heavy atom. The predicted octanol–water partition coefficient (Wildman–Crippen LogP) is 1.37. The second-order valence-corrected chi connectivity index (χ2v) is 5.10. The number of hydrogen-bond acceptors (Lipinski definition) is 3. The quantitative estimate of drug-likeness (QED) is 0.395. The number of alkyl halides is 3. The molecule has 0 aliphatic carbocycles. The highest BCUT2D eigenvalue weighted by atomic mass is 19.4. The summed E-state index contributed by atoms with van der Waals surface area (Å²) in [5.74, 6) is -0.249. The number of halogens is 3. The number of rotatable bonds is 7. The van der Waals surface area contributed by atoms with Crippen LogP contribution >= 0.6 is 0 Å². The van der Waals surface area contributed by atoms with Gasteiger partial charge in [0, 0.05) is 25.3 Å². The first-order valence-electron chi connectivity index (χ1n) is 7.25. The van der Waals surface area contributed by atoms with E-state index in [2.05, 4.69) is 15.6 Å². The largest absolute Gasteiger partial charge is 0.416 e. The summed E-state index contributed by atoms with van der Waals surface area (Å²) in [6, 6.07) is 3.99. The number of guanidine groups is 1. The molecule has 134 valence electrons. The molecule has 1 rings (SSSR count). The molecule has 0 heterocycles. The topological polar surface area (TPSA) is 88.7 Å². The molecule has 1 aromatic rings. The second-order valence-electron chi connectivity index (χ2n) is 5.10. The number of nitrogens with zero attached hydrogens (tertiary/aromatic N) is 1. The minimum absolute atomic E-state index is 0.000452. The highest BCUT2D eigenvalue weighted by molar-refractivity contribution is 5.94. The number of aliphatic imine (C=N–C) groups is 1. The second kappa shape index (κ2) is 9.11. The third-order valence-corrected chi connectivity index (χ3v) is 2.96. The molecule has 4 N–H and O–H groups in total. The standard InChI is InChI=1S/C15H21F3N4O2/c1-10(9-24-2)22-14(19)21-8-7-20-13(23)11-3-5-12(6-4-11)15(16,17)18/h3-6,10H,7-9H2,1-2H3,(H,20,23)(H3,19,21,22). The molecule has 0 saturated carbocycles. The van der Waals surface area contributed by atoms with Crippen LogP contribution < -0.4 is 16.4 Å². The van der Waals surface area contributed by atoms with Crippen molar-refractivity contribution in [1.29, 1.82) is 0 Å². The molecule has 0 radical (unpaired) electrons. The van der Waals surface area contributed by atoms with Crippen molar-refractivity contribution in [3.05, 3.63) is 35.4 Å². The zero-order valence-corrected chi connectivity index (χ0v) is 13.5. The average Bonchev–Trinajstić information content (AvgIpc) is 2.50. The van der Waals surface area contributed by atoms with Crippen molar-refractivity contribution in [3.8, 4) is 0 Å². The molecule has 9 heteroatoms. The van der Waals surface area contributed by atoms with Crippen LogP contribution in [0, 0.1) is 0 Å². The van der Waals surface area contributed by atoms with Gasteiger partial charge in [0.15, 0.2) is 5.96 Å². The number of nitrogens with two attached hydrogens (primary N) is 1. The molecule has 0 spiro atoms. The van der Waals surface area contributed by atoms with Crippen molar-refractivity contribution in [3.63, 3.8) is 0 Å². The smallest absolute Gasteiger partial charge is 0.383 e. The van der Waals surface area contributed by atoms with Crippen LogP contribution in [-0.2, 0) is 10.9 Å². The molecule has 0 aliphatic heterocycles. The van der Waals surface area contributed by atoms with E-state index in [1.54, 1.807) is 7.11 Å². The Labute approximate surface area is 138 Å². The van der Waals surface area contributed by atoms with Gasteiger partial charge in [0.2, 0.25) is 0 Å². The monoisotopic (exact) mass is 346 g/mol. The summed E-state index contributed by atoms with van der Waals surface area (Å²) in [7, 11) is 1.57. The van der Waals surface area contributed by atoms with Crippen molar-refractivity contribution >= 4 is 11.9 Å². The van der Waals surface area contributed by atoms with E-state index in [0.29, 0.717) is 6.61 Å². The van der Waals surface area contributed by atoms with E-state index in [4.69, 9.17) is 10.5 Å². The van der Waals surface area contributed by atoms with E-state index >= 15 is 0 Å². The predicted molar refractivity (Wildman–Crippen MR) is 84.7 cm³/mol. The van der Waals surface area contributed by atoms with Gasteiger partial charge in [-0.15, -0.1) is 0 Å². The molecule has 0 aromatic heterocycles. The van der Waals surface area contributed by atoms with Crippen LogP contribution in [0.3, 0.4) is 0 Å². The molecule has 1 amide bonds. The molecule has 1 unspecified atom stereocenters. The first-order chi connectivity index (χ1) is 11.2. The third-order valence-electron chi connectivity index (χ3n) is 2.96. The van der Waals surface area contributed by atoms with E-state index in [9.17, 15) is 18.0 Å². The van der Waals surface area contributed by atoms with Gasteiger partial charge in [0.05, 0.1) is 18.7 Å². The maximum atomic E-state index is 12.4. The van der Waals surface area contributed by atoms with Crippen molar-refractivity contribution in [2.45, 2.75) is 19.1 Å². The Kier molecular flexibility index (Phi) is 7.50. The zero-order chi connectivity index (χ0) is 18.2. The lowest BCUT2D eigenvalue weighted by Crippen LogP contribution is -2.41. The van der Waals surface area contributed by atoms with Gasteiger partial charge >= 0.3 is 6.18 Å². The highest BCUT2D eigenvalue weighted by Crippen LogP contribution is 2.28. The number of carbonyl (C=O) groups excluding carboxylic acids is 1. The van der Waals surface area contributed by atoms with E-state index < -0.39 is 17.6 Å². The molecule has 0 aliphatic rings. The molecule has 0 bridgehead atoms. The van der Waals surface area contributed by atoms with Crippen LogP contribution in [-0.4, -0.2) is 44.7 Å². The van der Waals surface area contributed by atoms with Gasteiger partial charge in [0.1, 0.15) is 0 Å². The third kappa shape index (κ3) is 6.86. The summed E-state index contributed by atoms with van der Waals surface area (Å²) >= 11 is 0. The summed E-state index contributed by atoms with van der Waals surface area (Å²) in [5.41, 5.74) is 5.00. The average molecular weight is 346 g/mol. The van der Waals surface area contributed by atoms with Gasteiger partial charge in [-0.05, 0) is 31.2 Å². The molecule has 1 aromatic carbocycles.